The molecule has 1 N–H and O–H groups in total. The topological polar surface area (TPSA) is 69.7 Å². The number of hydrogen-bond acceptors (Lipinski definition) is 4. The van der Waals surface area contributed by atoms with Crippen molar-refractivity contribution >= 4 is 21.6 Å². The summed E-state index contributed by atoms with van der Waals surface area (Å²) in [5.41, 5.74) is 2.96. The summed E-state index contributed by atoms with van der Waals surface area (Å²) in [6.07, 6.45) is 3.97. The number of likely N-dealkylation sites (N-methyl/N-ethyl adjacent to an activating group) is 1. The Hall–Kier alpha value is -2.22. The van der Waals surface area contributed by atoms with Crippen LogP contribution in [0.15, 0.2) is 53.4 Å². The van der Waals surface area contributed by atoms with Crippen LogP contribution in [0, 0.1) is 6.92 Å². The van der Waals surface area contributed by atoms with Gasteiger partial charge in [-0.2, -0.15) is 4.31 Å². The SMILES string of the molecule is Cc1ccc(CN(C)CC(=O)Nc2ccc(S(=O)(=O)N3CCCCCC3)cc2)cc1. The number of nitrogens with one attached hydrogen (secondary N) is 1. The Labute approximate surface area is 179 Å². The summed E-state index contributed by atoms with van der Waals surface area (Å²) in [6.45, 7) is 4.14. The summed E-state index contributed by atoms with van der Waals surface area (Å²) in [4.78, 5) is 14.6. The molecule has 6 nitrogen and oxygen atoms in total. The lowest BCUT2D eigenvalue weighted by molar-refractivity contribution is -0.117. The van der Waals surface area contributed by atoms with Gasteiger partial charge in [-0.3, -0.25) is 9.69 Å². The minimum absolute atomic E-state index is 0.132. The largest absolute Gasteiger partial charge is 0.325 e. The number of carbonyl (C=O) groups excluding carboxylic acids is 1. The summed E-state index contributed by atoms with van der Waals surface area (Å²) >= 11 is 0. The molecular weight excluding hydrogens is 398 g/mol. The fourth-order valence-corrected chi connectivity index (χ4v) is 5.17. The Morgan fingerprint density at radius 2 is 1.57 bits per heavy atom. The zero-order chi connectivity index (χ0) is 21.6. The van der Waals surface area contributed by atoms with E-state index in [-0.39, 0.29) is 17.3 Å². The van der Waals surface area contributed by atoms with Crippen molar-refractivity contribution < 1.29 is 13.2 Å². The maximum atomic E-state index is 12.8. The van der Waals surface area contributed by atoms with Crippen molar-refractivity contribution in [2.45, 2.75) is 44.0 Å². The second-order valence-corrected chi connectivity index (χ2v) is 9.99. The highest BCUT2D eigenvalue weighted by Crippen LogP contribution is 2.21. The molecule has 162 valence electrons. The van der Waals surface area contributed by atoms with Crippen molar-refractivity contribution in [3.63, 3.8) is 0 Å². The van der Waals surface area contributed by atoms with E-state index in [1.54, 1.807) is 28.6 Å². The molecule has 0 aromatic heterocycles. The number of hydrogen-bond donors (Lipinski definition) is 1. The van der Waals surface area contributed by atoms with E-state index < -0.39 is 10.0 Å². The molecular formula is C23H31N3O3S. The fraction of sp³-hybridized carbons (Fsp3) is 0.435. The highest BCUT2D eigenvalue weighted by atomic mass is 32.2. The van der Waals surface area contributed by atoms with Crippen molar-refractivity contribution in [1.29, 1.82) is 0 Å². The summed E-state index contributed by atoms with van der Waals surface area (Å²) in [5, 5.41) is 2.85. The van der Waals surface area contributed by atoms with Crippen LogP contribution in [0.3, 0.4) is 0 Å². The lowest BCUT2D eigenvalue weighted by Gasteiger charge is -2.20. The van der Waals surface area contributed by atoms with Gasteiger partial charge >= 0.3 is 0 Å². The molecule has 1 aliphatic heterocycles. The molecule has 0 radical (unpaired) electrons. The first-order valence-corrected chi connectivity index (χ1v) is 11.9. The average Bonchev–Trinajstić information content (AvgIpc) is 3.00. The van der Waals surface area contributed by atoms with Crippen LogP contribution in [0.5, 0.6) is 0 Å². The third-order valence-electron chi connectivity index (χ3n) is 5.33. The molecule has 0 spiro atoms. The van der Waals surface area contributed by atoms with E-state index in [9.17, 15) is 13.2 Å². The van der Waals surface area contributed by atoms with E-state index in [2.05, 4.69) is 29.6 Å². The number of nitrogens with zero attached hydrogens (tertiary/aromatic N) is 2. The molecule has 0 atom stereocenters. The third-order valence-corrected chi connectivity index (χ3v) is 7.24. The molecule has 2 aromatic carbocycles. The first kappa shape index (κ1) is 22.5. The number of rotatable bonds is 7. The zero-order valence-corrected chi connectivity index (χ0v) is 18.6. The molecule has 2 aromatic rings. The molecule has 0 bridgehead atoms. The zero-order valence-electron chi connectivity index (χ0n) is 17.8. The molecule has 0 aliphatic carbocycles. The molecule has 1 heterocycles. The molecule has 30 heavy (non-hydrogen) atoms. The van der Waals surface area contributed by atoms with Crippen molar-refractivity contribution in [2.24, 2.45) is 0 Å². The number of aryl methyl sites for hydroxylation is 1. The maximum Gasteiger partial charge on any atom is 0.243 e. The van der Waals surface area contributed by atoms with Crippen LogP contribution in [-0.2, 0) is 21.4 Å². The summed E-state index contributed by atoms with van der Waals surface area (Å²) in [5.74, 6) is -0.132. The number of sulfonamides is 1. The van der Waals surface area contributed by atoms with Gasteiger partial charge in [0.2, 0.25) is 15.9 Å². The fourth-order valence-electron chi connectivity index (χ4n) is 3.65. The second-order valence-electron chi connectivity index (χ2n) is 8.05. The second kappa shape index (κ2) is 10.2. The van der Waals surface area contributed by atoms with Gasteiger partial charge in [-0.1, -0.05) is 42.7 Å². The highest BCUT2D eigenvalue weighted by Gasteiger charge is 2.25. The normalized spacial score (nSPS) is 15.7. The van der Waals surface area contributed by atoms with Gasteiger partial charge in [-0.25, -0.2) is 8.42 Å². The minimum atomic E-state index is -3.47. The smallest absolute Gasteiger partial charge is 0.243 e. The van der Waals surface area contributed by atoms with Crippen molar-refractivity contribution in [2.75, 3.05) is 32.0 Å². The van der Waals surface area contributed by atoms with E-state index >= 15 is 0 Å². The molecule has 1 saturated heterocycles. The quantitative estimate of drug-likeness (QED) is 0.730. The van der Waals surface area contributed by atoms with Gasteiger partial charge in [0.05, 0.1) is 11.4 Å². The van der Waals surface area contributed by atoms with Gasteiger partial charge in [0, 0.05) is 25.3 Å². The van der Waals surface area contributed by atoms with Gasteiger partial charge in [-0.15, -0.1) is 0 Å². The Bertz CT molecular complexity index is 933. The van der Waals surface area contributed by atoms with E-state index in [1.165, 1.54) is 5.56 Å². The molecule has 0 unspecified atom stereocenters. The standard InChI is InChI=1S/C23H31N3O3S/c1-19-7-9-20(10-8-19)17-25(2)18-23(27)24-21-11-13-22(14-12-21)30(28,29)26-15-5-3-4-6-16-26/h7-14H,3-6,15-18H2,1-2H3,(H,24,27). The van der Waals surface area contributed by atoms with Gasteiger partial charge in [-0.05, 0) is 56.6 Å². The molecule has 1 aliphatic rings. The minimum Gasteiger partial charge on any atom is -0.325 e. The van der Waals surface area contributed by atoms with E-state index in [4.69, 9.17) is 0 Å². The first-order valence-electron chi connectivity index (χ1n) is 10.5. The van der Waals surface area contributed by atoms with Gasteiger partial charge < -0.3 is 5.32 Å². The van der Waals surface area contributed by atoms with E-state index in [1.807, 2.05) is 18.9 Å². The Kier molecular flexibility index (Phi) is 7.64. The number of benzene rings is 2. The predicted octanol–water partition coefficient (Wildman–Crippen LogP) is 3.63. The average molecular weight is 430 g/mol. The summed E-state index contributed by atoms with van der Waals surface area (Å²) in [7, 11) is -1.58. The molecule has 7 heteroatoms. The summed E-state index contributed by atoms with van der Waals surface area (Å²) in [6, 6.07) is 14.7. The van der Waals surface area contributed by atoms with Crippen molar-refractivity contribution in [3.05, 3.63) is 59.7 Å². The van der Waals surface area contributed by atoms with Crippen LogP contribution < -0.4 is 5.32 Å². The molecule has 0 saturated carbocycles. The Balaban J connectivity index is 1.55. The Morgan fingerprint density at radius 3 is 2.17 bits per heavy atom. The van der Waals surface area contributed by atoms with Crippen LogP contribution in [-0.4, -0.2) is 50.2 Å². The third kappa shape index (κ3) is 6.14. The maximum absolute atomic E-state index is 12.8. The van der Waals surface area contributed by atoms with Gasteiger partial charge in [0.15, 0.2) is 0 Å². The monoisotopic (exact) mass is 429 g/mol. The summed E-state index contributed by atoms with van der Waals surface area (Å²) < 4.78 is 27.3. The molecule has 1 fully saturated rings. The van der Waals surface area contributed by atoms with Gasteiger partial charge in [0.1, 0.15) is 0 Å². The molecule has 1 amide bonds. The van der Waals surface area contributed by atoms with Crippen LogP contribution in [0.2, 0.25) is 0 Å². The van der Waals surface area contributed by atoms with Crippen molar-refractivity contribution in [1.82, 2.24) is 9.21 Å². The van der Waals surface area contributed by atoms with Crippen LogP contribution in [0.1, 0.15) is 36.8 Å². The first-order chi connectivity index (χ1) is 14.3. The van der Waals surface area contributed by atoms with Crippen LogP contribution in [0.4, 0.5) is 5.69 Å². The molecule has 3 rings (SSSR count). The van der Waals surface area contributed by atoms with Gasteiger partial charge in [0.25, 0.3) is 0 Å². The van der Waals surface area contributed by atoms with Crippen molar-refractivity contribution in [3.8, 4) is 0 Å². The Morgan fingerprint density at radius 1 is 0.967 bits per heavy atom. The number of carbonyl (C=O) groups is 1. The highest BCUT2D eigenvalue weighted by molar-refractivity contribution is 7.89. The van der Waals surface area contributed by atoms with Crippen LogP contribution in [0.25, 0.3) is 0 Å². The van der Waals surface area contributed by atoms with Crippen LogP contribution >= 0.6 is 0 Å². The lowest BCUT2D eigenvalue weighted by Crippen LogP contribution is -2.32. The predicted molar refractivity (Wildman–Crippen MR) is 120 cm³/mol. The van der Waals surface area contributed by atoms with E-state index in [0.717, 1.165) is 31.2 Å². The number of anilines is 1. The number of amides is 1. The lowest BCUT2D eigenvalue weighted by atomic mass is 10.1. The van der Waals surface area contributed by atoms with E-state index in [0.29, 0.717) is 25.3 Å².